The van der Waals surface area contributed by atoms with Crippen LogP contribution in [-0.2, 0) is 30.7 Å². The number of ether oxygens (including phenoxy) is 1. The molecule has 2 atom stereocenters. The van der Waals surface area contributed by atoms with E-state index in [0.717, 1.165) is 18.5 Å². The van der Waals surface area contributed by atoms with Crippen LogP contribution in [0.2, 0.25) is 0 Å². The molecule has 9 heteroatoms. The third kappa shape index (κ3) is 5.14. The molecule has 2 amide bonds. The lowest BCUT2D eigenvalue weighted by molar-refractivity contribution is -0.140. The number of benzene rings is 1. The summed E-state index contributed by atoms with van der Waals surface area (Å²) in [5.41, 5.74) is 1.23. The predicted octanol–water partition coefficient (Wildman–Crippen LogP) is 1.000. The Bertz CT molecular complexity index is 896. The van der Waals surface area contributed by atoms with E-state index in [0.29, 0.717) is 24.9 Å². The SMILES string of the molecule is C[C@H](OC(=O)c1ccc(CN2CCCC2=O)cc1)C(=O)N(C)[C@@H]1CCS(=O)(=O)C1. The van der Waals surface area contributed by atoms with Crippen LogP contribution in [-0.4, -0.2) is 73.2 Å². The normalized spacial score (nSPS) is 21.8. The quantitative estimate of drug-likeness (QED) is 0.634. The second kappa shape index (κ2) is 8.52. The Morgan fingerprint density at radius 3 is 2.52 bits per heavy atom. The number of amides is 2. The van der Waals surface area contributed by atoms with Crippen molar-refractivity contribution < 1.29 is 27.5 Å². The predicted molar refractivity (Wildman–Crippen MR) is 106 cm³/mol. The molecule has 0 bridgehead atoms. The lowest BCUT2D eigenvalue weighted by Crippen LogP contribution is -2.44. The summed E-state index contributed by atoms with van der Waals surface area (Å²) < 4.78 is 28.5. The van der Waals surface area contributed by atoms with Gasteiger partial charge in [-0.3, -0.25) is 9.59 Å². The van der Waals surface area contributed by atoms with Gasteiger partial charge in [0.15, 0.2) is 15.9 Å². The Hall–Kier alpha value is -2.42. The van der Waals surface area contributed by atoms with Gasteiger partial charge in [0.2, 0.25) is 5.91 Å². The van der Waals surface area contributed by atoms with Crippen LogP contribution in [0.5, 0.6) is 0 Å². The standard InChI is InChI=1S/C20H26N2O6S/c1-14(19(24)21(2)17-9-11-29(26,27)13-17)28-20(25)16-7-5-15(6-8-16)12-22-10-3-4-18(22)23/h5-8,14,17H,3-4,9-13H2,1-2H3/t14-,17+/m0/s1. The van der Waals surface area contributed by atoms with Crippen molar-refractivity contribution in [1.29, 1.82) is 0 Å². The van der Waals surface area contributed by atoms with Crippen molar-refractivity contribution in [3.05, 3.63) is 35.4 Å². The molecule has 2 saturated heterocycles. The molecule has 0 spiro atoms. The molecule has 3 rings (SSSR count). The fourth-order valence-electron chi connectivity index (χ4n) is 3.66. The Kier molecular flexibility index (Phi) is 6.26. The van der Waals surface area contributed by atoms with Crippen molar-refractivity contribution in [3.8, 4) is 0 Å². The van der Waals surface area contributed by atoms with Crippen LogP contribution in [0.25, 0.3) is 0 Å². The molecule has 0 unspecified atom stereocenters. The van der Waals surface area contributed by atoms with Gasteiger partial charge in [0, 0.05) is 32.6 Å². The van der Waals surface area contributed by atoms with E-state index in [-0.39, 0.29) is 23.5 Å². The van der Waals surface area contributed by atoms with Crippen LogP contribution in [0.3, 0.4) is 0 Å². The van der Waals surface area contributed by atoms with E-state index < -0.39 is 27.8 Å². The van der Waals surface area contributed by atoms with Crippen LogP contribution in [0, 0.1) is 0 Å². The Labute approximate surface area is 170 Å². The van der Waals surface area contributed by atoms with Gasteiger partial charge in [-0.2, -0.15) is 0 Å². The van der Waals surface area contributed by atoms with Crippen LogP contribution >= 0.6 is 0 Å². The van der Waals surface area contributed by atoms with Gasteiger partial charge in [0.1, 0.15) is 0 Å². The Morgan fingerprint density at radius 2 is 1.97 bits per heavy atom. The third-order valence-electron chi connectivity index (χ3n) is 5.47. The van der Waals surface area contributed by atoms with Crippen LogP contribution in [0.1, 0.15) is 42.1 Å². The van der Waals surface area contributed by atoms with E-state index >= 15 is 0 Å². The maximum absolute atomic E-state index is 12.5. The highest BCUT2D eigenvalue weighted by Gasteiger charge is 2.35. The van der Waals surface area contributed by atoms with E-state index in [1.165, 1.54) is 18.9 Å². The topological polar surface area (TPSA) is 101 Å². The van der Waals surface area contributed by atoms with Gasteiger partial charge in [0.25, 0.3) is 5.91 Å². The van der Waals surface area contributed by atoms with Crippen LogP contribution in [0.4, 0.5) is 0 Å². The minimum atomic E-state index is -3.11. The molecule has 1 aromatic rings. The van der Waals surface area contributed by atoms with E-state index in [1.54, 1.807) is 29.2 Å². The molecule has 158 valence electrons. The summed E-state index contributed by atoms with van der Waals surface area (Å²) in [6, 6.07) is 6.38. The molecular weight excluding hydrogens is 396 g/mol. The van der Waals surface area contributed by atoms with Crippen molar-refractivity contribution in [2.24, 2.45) is 0 Å². The van der Waals surface area contributed by atoms with Crippen molar-refractivity contribution in [2.75, 3.05) is 25.1 Å². The largest absolute Gasteiger partial charge is 0.449 e. The van der Waals surface area contributed by atoms with Crippen molar-refractivity contribution >= 4 is 27.6 Å². The number of sulfone groups is 1. The number of hydrogen-bond acceptors (Lipinski definition) is 6. The van der Waals surface area contributed by atoms with E-state index in [1.807, 2.05) is 0 Å². The van der Waals surface area contributed by atoms with E-state index in [2.05, 4.69) is 0 Å². The number of esters is 1. The molecule has 2 aliphatic heterocycles. The van der Waals surface area contributed by atoms with Crippen LogP contribution < -0.4 is 0 Å². The molecule has 2 aliphatic rings. The van der Waals surface area contributed by atoms with Crippen molar-refractivity contribution in [1.82, 2.24) is 9.80 Å². The minimum Gasteiger partial charge on any atom is -0.449 e. The van der Waals surface area contributed by atoms with E-state index in [4.69, 9.17) is 4.74 Å². The first kappa shape index (κ1) is 21.3. The fraction of sp³-hybridized carbons (Fsp3) is 0.550. The first-order chi connectivity index (χ1) is 13.7. The number of carbonyl (C=O) groups is 3. The first-order valence-corrected chi connectivity index (χ1v) is 11.5. The lowest BCUT2D eigenvalue weighted by atomic mass is 10.1. The smallest absolute Gasteiger partial charge is 0.338 e. The van der Waals surface area contributed by atoms with Crippen LogP contribution in [0.15, 0.2) is 24.3 Å². The highest BCUT2D eigenvalue weighted by Crippen LogP contribution is 2.19. The molecular formula is C20H26N2O6S. The maximum atomic E-state index is 12.5. The summed E-state index contributed by atoms with van der Waals surface area (Å²) >= 11 is 0. The monoisotopic (exact) mass is 422 g/mol. The number of likely N-dealkylation sites (N-methyl/N-ethyl adjacent to an activating group) is 1. The minimum absolute atomic E-state index is 0.0586. The molecule has 8 nitrogen and oxygen atoms in total. The summed E-state index contributed by atoms with van der Waals surface area (Å²) in [4.78, 5) is 39.7. The van der Waals surface area contributed by atoms with Gasteiger partial charge in [-0.1, -0.05) is 12.1 Å². The number of nitrogens with zero attached hydrogens (tertiary/aromatic N) is 2. The average Bonchev–Trinajstić information content (AvgIpc) is 3.25. The number of carbonyl (C=O) groups excluding carboxylic acids is 3. The fourth-order valence-corrected chi connectivity index (χ4v) is 5.44. The molecule has 0 radical (unpaired) electrons. The zero-order valence-corrected chi connectivity index (χ0v) is 17.5. The number of rotatable bonds is 6. The highest BCUT2D eigenvalue weighted by atomic mass is 32.2. The summed E-state index contributed by atoms with van der Waals surface area (Å²) in [5, 5.41) is 0. The zero-order chi connectivity index (χ0) is 21.2. The Morgan fingerprint density at radius 1 is 1.28 bits per heavy atom. The third-order valence-corrected chi connectivity index (χ3v) is 7.22. The zero-order valence-electron chi connectivity index (χ0n) is 16.7. The molecule has 2 fully saturated rings. The first-order valence-electron chi connectivity index (χ1n) is 9.71. The molecule has 29 heavy (non-hydrogen) atoms. The summed E-state index contributed by atoms with van der Waals surface area (Å²) in [6.45, 7) is 2.74. The maximum Gasteiger partial charge on any atom is 0.338 e. The number of likely N-dealkylation sites (tertiary alicyclic amines) is 1. The second-order valence-corrected chi connectivity index (χ2v) is 9.90. The van der Waals surface area contributed by atoms with Crippen molar-refractivity contribution in [3.63, 3.8) is 0 Å². The van der Waals surface area contributed by atoms with E-state index in [9.17, 15) is 22.8 Å². The molecule has 0 N–H and O–H groups in total. The van der Waals surface area contributed by atoms with Gasteiger partial charge >= 0.3 is 5.97 Å². The van der Waals surface area contributed by atoms with Gasteiger partial charge in [-0.05, 0) is 37.5 Å². The summed E-state index contributed by atoms with van der Waals surface area (Å²) in [6.07, 6.45) is 0.831. The summed E-state index contributed by atoms with van der Waals surface area (Å²) in [5.74, 6) is -0.901. The molecule has 0 aromatic heterocycles. The summed E-state index contributed by atoms with van der Waals surface area (Å²) in [7, 11) is -1.57. The molecule has 0 saturated carbocycles. The van der Waals surface area contributed by atoms with Gasteiger partial charge < -0.3 is 14.5 Å². The molecule has 1 aromatic carbocycles. The van der Waals surface area contributed by atoms with Gasteiger partial charge in [0.05, 0.1) is 17.1 Å². The lowest BCUT2D eigenvalue weighted by Gasteiger charge is -2.26. The van der Waals surface area contributed by atoms with Gasteiger partial charge in [-0.25, -0.2) is 13.2 Å². The highest BCUT2D eigenvalue weighted by molar-refractivity contribution is 7.91. The van der Waals surface area contributed by atoms with Gasteiger partial charge in [-0.15, -0.1) is 0 Å². The Balaban J connectivity index is 1.55. The number of hydrogen-bond donors (Lipinski definition) is 0. The average molecular weight is 423 g/mol. The molecule has 0 aliphatic carbocycles. The van der Waals surface area contributed by atoms with Crippen molar-refractivity contribution in [2.45, 2.75) is 44.9 Å². The molecule has 2 heterocycles. The second-order valence-electron chi connectivity index (χ2n) is 7.67.